The number of amides is 1. The van der Waals surface area contributed by atoms with Crippen LogP contribution in [0.2, 0.25) is 10.2 Å². The molecule has 1 aliphatic rings. The van der Waals surface area contributed by atoms with E-state index in [1.165, 1.54) is 10.9 Å². The van der Waals surface area contributed by atoms with E-state index in [0.717, 1.165) is 5.69 Å². The molecule has 1 saturated heterocycles. The first kappa shape index (κ1) is 23.6. The Morgan fingerprint density at radius 3 is 2.42 bits per heavy atom. The zero-order valence-corrected chi connectivity index (χ0v) is 20.2. The standard InChI is InChI=1S/C23H26Cl2N4O4/c1-22(2,3)33-21(31)27-10-8-23(32,9-11-27)13-28-14-26-19-17(20(28)30)12-18(25)29(19)16-6-4-15(24)5-7-16/h4-7,12,14,32H,8-11,13H2,1-3H3. The molecule has 1 fully saturated rings. The number of fused-ring (bicyclic) bond motifs is 1. The lowest BCUT2D eigenvalue weighted by molar-refractivity contribution is -0.0419. The van der Waals surface area contributed by atoms with E-state index in [1.807, 2.05) is 20.8 Å². The number of piperidine rings is 1. The number of nitrogens with zero attached hydrogens (tertiary/aromatic N) is 4. The third kappa shape index (κ3) is 5.03. The lowest BCUT2D eigenvalue weighted by Gasteiger charge is -2.38. The maximum atomic E-state index is 13.2. The summed E-state index contributed by atoms with van der Waals surface area (Å²) in [4.78, 5) is 31.5. The van der Waals surface area contributed by atoms with Crippen molar-refractivity contribution in [2.45, 2.75) is 51.4 Å². The normalized spacial score (nSPS) is 16.2. The number of ether oxygens (including phenoxy) is 1. The SMILES string of the molecule is CC(C)(C)OC(=O)N1CCC(O)(Cn2cnc3c(cc(Cl)n3-c3ccc(Cl)cc3)c2=O)CC1. The van der Waals surface area contributed by atoms with Crippen LogP contribution >= 0.6 is 23.2 Å². The molecule has 176 valence electrons. The molecule has 1 amide bonds. The first-order valence-electron chi connectivity index (χ1n) is 10.7. The van der Waals surface area contributed by atoms with Gasteiger partial charge in [0.1, 0.15) is 17.1 Å². The zero-order chi connectivity index (χ0) is 24.0. The van der Waals surface area contributed by atoms with Crippen molar-refractivity contribution in [3.63, 3.8) is 0 Å². The molecule has 1 N–H and O–H groups in total. The van der Waals surface area contributed by atoms with Gasteiger partial charge < -0.3 is 14.7 Å². The third-order valence-electron chi connectivity index (χ3n) is 5.64. The van der Waals surface area contributed by atoms with E-state index in [9.17, 15) is 14.7 Å². The molecular weight excluding hydrogens is 467 g/mol. The molecule has 3 aromatic rings. The number of benzene rings is 1. The summed E-state index contributed by atoms with van der Waals surface area (Å²) in [6.45, 7) is 6.19. The van der Waals surface area contributed by atoms with Crippen molar-refractivity contribution in [1.82, 2.24) is 19.0 Å². The molecule has 1 aromatic carbocycles. The van der Waals surface area contributed by atoms with Gasteiger partial charge in [-0.1, -0.05) is 23.2 Å². The molecule has 2 aromatic heterocycles. The van der Waals surface area contributed by atoms with Crippen LogP contribution in [0.1, 0.15) is 33.6 Å². The van der Waals surface area contributed by atoms with E-state index in [4.69, 9.17) is 27.9 Å². The molecule has 0 atom stereocenters. The van der Waals surface area contributed by atoms with Gasteiger partial charge in [-0.3, -0.25) is 13.9 Å². The Morgan fingerprint density at radius 2 is 1.82 bits per heavy atom. The molecule has 0 spiro atoms. The van der Waals surface area contributed by atoms with Crippen LogP contribution in [-0.2, 0) is 11.3 Å². The molecule has 0 unspecified atom stereocenters. The summed E-state index contributed by atoms with van der Waals surface area (Å²) in [5.74, 6) is 0. The number of carbonyl (C=O) groups is 1. The van der Waals surface area contributed by atoms with Gasteiger partial charge in [0.2, 0.25) is 0 Å². The fourth-order valence-electron chi connectivity index (χ4n) is 3.94. The van der Waals surface area contributed by atoms with E-state index in [2.05, 4.69) is 4.98 Å². The van der Waals surface area contributed by atoms with Gasteiger partial charge in [-0.05, 0) is 63.9 Å². The summed E-state index contributed by atoms with van der Waals surface area (Å²) >= 11 is 12.4. The van der Waals surface area contributed by atoms with Crippen molar-refractivity contribution >= 4 is 40.3 Å². The third-order valence-corrected chi connectivity index (χ3v) is 6.17. The van der Waals surface area contributed by atoms with Crippen molar-refractivity contribution in [1.29, 1.82) is 0 Å². The molecule has 0 aliphatic carbocycles. The van der Waals surface area contributed by atoms with Crippen molar-refractivity contribution in [3.8, 4) is 5.69 Å². The van der Waals surface area contributed by atoms with E-state index in [-0.39, 0.29) is 12.1 Å². The minimum atomic E-state index is -1.14. The van der Waals surface area contributed by atoms with E-state index in [1.54, 1.807) is 39.8 Å². The monoisotopic (exact) mass is 492 g/mol. The van der Waals surface area contributed by atoms with Crippen LogP contribution in [0, 0.1) is 0 Å². The minimum absolute atomic E-state index is 0.0701. The Bertz CT molecular complexity index is 1240. The largest absolute Gasteiger partial charge is 0.444 e. The lowest BCUT2D eigenvalue weighted by atomic mass is 9.91. The number of hydrogen-bond donors (Lipinski definition) is 1. The molecule has 33 heavy (non-hydrogen) atoms. The molecule has 4 rings (SSSR count). The Kier molecular flexibility index (Phi) is 6.20. The second kappa shape index (κ2) is 8.66. The molecule has 10 heteroatoms. The fourth-order valence-corrected chi connectivity index (χ4v) is 4.35. The Labute approximate surface area is 201 Å². The van der Waals surface area contributed by atoms with Crippen LogP contribution < -0.4 is 5.56 Å². The van der Waals surface area contributed by atoms with Gasteiger partial charge in [-0.25, -0.2) is 9.78 Å². The number of aromatic nitrogens is 3. The average molecular weight is 493 g/mol. The molecule has 1 aliphatic heterocycles. The summed E-state index contributed by atoms with van der Waals surface area (Å²) in [6, 6.07) is 8.63. The van der Waals surface area contributed by atoms with Crippen molar-refractivity contribution in [2.75, 3.05) is 13.1 Å². The zero-order valence-electron chi connectivity index (χ0n) is 18.7. The molecule has 0 bridgehead atoms. The summed E-state index contributed by atoms with van der Waals surface area (Å²) in [5.41, 5.74) is -0.853. The van der Waals surface area contributed by atoms with Gasteiger partial charge in [0.25, 0.3) is 5.56 Å². The number of halogens is 2. The number of carbonyl (C=O) groups excluding carboxylic acids is 1. The smallest absolute Gasteiger partial charge is 0.410 e. The molecule has 8 nitrogen and oxygen atoms in total. The first-order valence-corrected chi connectivity index (χ1v) is 11.4. The number of rotatable bonds is 3. The first-order chi connectivity index (χ1) is 15.5. The number of likely N-dealkylation sites (tertiary alicyclic amines) is 1. The van der Waals surface area contributed by atoms with Gasteiger partial charge in [0, 0.05) is 23.8 Å². The lowest BCUT2D eigenvalue weighted by Crippen LogP contribution is -2.50. The molecule has 0 radical (unpaired) electrons. The minimum Gasteiger partial charge on any atom is -0.444 e. The maximum absolute atomic E-state index is 13.2. The van der Waals surface area contributed by atoms with Gasteiger partial charge >= 0.3 is 6.09 Å². The van der Waals surface area contributed by atoms with Crippen molar-refractivity contribution in [3.05, 3.63) is 57.2 Å². The Balaban J connectivity index is 1.54. The van der Waals surface area contributed by atoms with Crippen LogP contribution in [0.15, 0.2) is 41.5 Å². The summed E-state index contributed by atoms with van der Waals surface area (Å²) in [7, 11) is 0. The van der Waals surface area contributed by atoms with Crippen LogP contribution in [0.3, 0.4) is 0 Å². The Morgan fingerprint density at radius 1 is 1.18 bits per heavy atom. The highest BCUT2D eigenvalue weighted by atomic mass is 35.5. The van der Waals surface area contributed by atoms with Gasteiger partial charge in [0.15, 0.2) is 5.65 Å². The highest BCUT2D eigenvalue weighted by molar-refractivity contribution is 6.31. The van der Waals surface area contributed by atoms with Crippen LogP contribution in [0.5, 0.6) is 0 Å². The molecular formula is C23H26Cl2N4O4. The summed E-state index contributed by atoms with van der Waals surface area (Å²) in [6.07, 6.45) is 1.67. The molecule has 0 saturated carbocycles. The topological polar surface area (TPSA) is 89.6 Å². The van der Waals surface area contributed by atoms with E-state index in [0.29, 0.717) is 47.1 Å². The quantitative estimate of drug-likeness (QED) is 0.589. The van der Waals surface area contributed by atoms with Gasteiger partial charge in [0.05, 0.1) is 17.5 Å². The van der Waals surface area contributed by atoms with Gasteiger partial charge in [-0.15, -0.1) is 0 Å². The number of hydrogen-bond acceptors (Lipinski definition) is 5. The highest BCUT2D eigenvalue weighted by Crippen LogP contribution is 2.27. The van der Waals surface area contributed by atoms with E-state index < -0.39 is 17.3 Å². The predicted octanol–water partition coefficient (Wildman–Crippen LogP) is 4.26. The summed E-state index contributed by atoms with van der Waals surface area (Å²) < 4.78 is 8.48. The molecule has 3 heterocycles. The van der Waals surface area contributed by atoms with Crippen LogP contribution in [0.25, 0.3) is 16.7 Å². The maximum Gasteiger partial charge on any atom is 0.410 e. The number of aliphatic hydroxyl groups is 1. The fraction of sp³-hybridized carbons (Fsp3) is 0.435. The van der Waals surface area contributed by atoms with Crippen molar-refractivity contribution in [2.24, 2.45) is 0 Å². The van der Waals surface area contributed by atoms with Crippen molar-refractivity contribution < 1.29 is 14.6 Å². The summed E-state index contributed by atoms with van der Waals surface area (Å²) in [5, 5.41) is 12.4. The highest BCUT2D eigenvalue weighted by Gasteiger charge is 2.36. The predicted molar refractivity (Wildman–Crippen MR) is 127 cm³/mol. The average Bonchev–Trinajstić information content (AvgIpc) is 3.07. The van der Waals surface area contributed by atoms with Crippen LogP contribution in [-0.4, -0.2) is 54.5 Å². The van der Waals surface area contributed by atoms with E-state index >= 15 is 0 Å². The Hall–Kier alpha value is -2.55. The second-order valence-corrected chi connectivity index (χ2v) is 10.2. The van der Waals surface area contributed by atoms with Gasteiger partial charge in [-0.2, -0.15) is 0 Å². The van der Waals surface area contributed by atoms with Crippen LogP contribution in [0.4, 0.5) is 4.79 Å². The second-order valence-electron chi connectivity index (χ2n) is 9.39.